The van der Waals surface area contributed by atoms with Gasteiger partial charge in [0, 0.05) is 13.5 Å². The summed E-state index contributed by atoms with van der Waals surface area (Å²) in [7, 11) is 1.36. The van der Waals surface area contributed by atoms with Crippen molar-refractivity contribution in [3.63, 3.8) is 0 Å². The number of benzene rings is 1. The van der Waals surface area contributed by atoms with Gasteiger partial charge < -0.3 is 19.5 Å². The molecule has 1 heterocycles. The monoisotopic (exact) mass is 342 g/mol. The van der Waals surface area contributed by atoms with Crippen molar-refractivity contribution >= 4 is 29.5 Å². The number of hydrogen-bond donors (Lipinski definition) is 2. The van der Waals surface area contributed by atoms with Gasteiger partial charge in [-0.1, -0.05) is 11.6 Å². The Morgan fingerprint density at radius 2 is 2.00 bits per heavy atom. The zero-order valence-electron chi connectivity index (χ0n) is 12.3. The van der Waals surface area contributed by atoms with Gasteiger partial charge in [0.2, 0.25) is 0 Å². The van der Waals surface area contributed by atoms with Gasteiger partial charge in [0.05, 0.1) is 23.8 Å². The highest BCUT2D eigenvalue weighted by Crippen LogP contribution is 2.38. The summed E-state index contributed by atoms with van der Waals surface area (Å²) < 4.78 is 15.7. The molecule has 124 valence electrons. The third kappa shape index (κ3) is 4.49. The summed E-state index contributed by atoms with van der Waals surface area (Å²) in [5.74, 6) is -0.803. The van der Waals surface area contributed by atoms with Crippen molar-refractivity contribution < 1.29 is 28.6 Å². The SMILES string of the molecule is CNC(=O)NC(=O)COC(=O)c1cc(Cl)c2c(c1)OCCCO2. The van der Waals surface area contributed by atoms with E-state index in [-0.39, 0.29) is 10.6 Å². The van der Waals surface area contributed by atoms with Crippen molar-refractivity contribution in [1.82, 2.24) is 10.6 Å². The zero-order chi connectivity index (χ0) is 16.8. The molecule has 0 unspecified atom stereocenters. The first-order chi connectivity index (χ1) is 11.0. The Kier molecular flexibility index (Phi) is 5.64. The van der Waals surface area contributed by atoms with Gasteiger partial charge in [-0.3, -0.25) is 10.1 Å². The lowest BCUT2D eigenvalue weighted by Crippen LogP contribution is -2.39. The molecular weight excluding hydrogens is 328 g/mol. The molecule has 8 nitrogen and oxygen atoms in total. The molecule has 1 aromatic carbocycles. The van der Waals surface area contributed by atoms with Gasteiger partial charge >= 0.3 is 12.0 Å². The summed E-state index contributed by atoms with van der Waals surface area (Å²) in [6, 6.07) is 2.12. The Hall–Kier alpha value is -2.48. The first-order valence-corrected chi connectivity index (χ1v) is 7.17. The fourth-order valence-electron chi connectivity index (χ4n) is 1.79. The Bertz CT molecular complexity index is 634. The van der Waals surface area contributed by atoms with Crippen molar-refractivity contribution in [3.8, 4) is 11.5 Å². The quantitative estimate of drug-likeness (QED) is 0.798. The van der Waals surface area contributed by atoms with Crippen LogP contribution in [0.25, 0.3) is 0 Å². The van der Waals surface area contributed by atoms with Crippen molar-refractivity contribution in [1.29, 1.82) is 0 Å². The van der Waals surface area contributed by atoms with Gasteiger partial charge in [-0.15, -0.1) is 0 Å². The van der Waals surface area contributed by atoms with E-state index in [9.17, 15) is 14.4 Å². The largest absolute Gasteiger partial charge is 0.489 e. The van der Waals surface area contributed by atoms with Crippen LogP contribution in [-0.4, -0.2) is 44.8 Å². The average Bonchev–Trinajstić information content (AvgIpc) is 2.78. The lowest BCUT2D eigenvalue weighted by atomic mass is 10.2. The van der Waals surface area contributed by atoms with Crippen LogP contribution in [0.3, 0.4) is 0 Å². The number of carbonyl (C=O) groups is 3. The lowest BCUT2D eigenvalue weighted by molar-refractivity contribution is -0.123. The van der Waals surface area contributed by atoms with Gasteiger partial charge in [0.15, 0.2) is 18.1 Å². The summed E-state index contributed by atoms with van der Waals surface area (Å²) in [4.78, 5) is 34.3. The highest BCUT2D eigenvalue weighted by atomic mass is 35.5. The first-order valence-electron chi connectivity index (χ1n) is 6.79. The fraction of sp³-hybridized carbons (Fsp3) is 0.357. The molecule has 1 aliphatic rings. The number of urea groups is 1. The van der Waals surface area contributed by atoms with Crippen molar-refractivity contribution in [2.24, 2.45) is 0 Å². The van der Waals surface area contributed by atoms with E-state index < -0.39 is 24.5 Å². The van der Waals surface area contributed by atoms with E-state index in [4.69, 9.17) is 25.8 Å². The summed E-state index contributed by atoms with van der Waals surface area (Å²) in [5.41, 5.74) is 0.118. The molecule has 0 aliphatic carbocycles. The van der Waals surface area contributed by atoms with Crippen molar-refractivity contribution in [2.45, 2.75) is 6.42 Å². The molecule has 2 rings (SSSR count). The molecule has 0 radical (unpaired) electrons. The molecule has 0 atom stereocenters. The van der Waals surface area contributed by atoms with Crippen LogP contribution in [0.2, 0.25) is 5.02 Å². The molecule has 1 aliphatic heterocycles. The van der Waals surface area contributed by atoms with Crippen LogP contribution in [-0.2, 0) is 9.53 Å². The van der Waals surface area contributed by atoms with E-state index in [1.807, 2.05) is 5.32 Å². The van der Waals surface area contributed by atoms with E-state index in [2.05, 4.69) is 5.32 Å². The molecular formula is C14H15ClN2O6. The summed E-state index contributed by atoms with van der Waals surface area (Å²) in [5, 5.41) is 4.39. The molecule has 3 amide bonds. The van der Waals surface area contributed by atoms with Crippen molar-refractivity contribution in [3.05, 3.63) is 22.7 Å². The molecule has 0 bridgehead atoms. The van der Waals surface area contributed by atoms with Crippen molar-refractivity contribution in [2.75, 3.05) is 26.9 Å². The average molecular weight is 343 g/mol. The fourth-order valence-corrected chi connectivity index (χ4v) is 2.05. The van der Waals surface area contributed by atoms with Crippen LogP contribution in [0.5, 0.6) is 11.5 Å². The molecule has 0 spiro atoms. The van der Waals surface area contributed by atoms with Crippen LogP contribution in [0, 0.1) is 0 Å². The van der Waals surface area contributed by atoms with Gasteiger partial charge in [-0.05, 0) is 12.1 Å². The number of hydrogen-bond acceptors (Lipinski definition) is 6. The maximum atomic E-state index is 12.0. The number of nitrogens with one attached hydrogen (secondary N) is 2. The third-order valence-electron chi connectivity index (χ3n) is 2.85. The van der Waals surface area contributed by atoms with Gasteiger partial charge in [-0.25, -0.2) is 9.59 Å². The van der Waals surface area contributed by atoms with Gasteiger partial charge in [0.25, 0.3) is 5.91 Å². The molecule has 0 saturated heterocycles. The van der Waals surface area contributed by atoms with E-state index in [0.29, 0.717) is 31.1 Å². The number of ether oxygens (including phenoxy) is 3. The second kappa shape index (κ2) is 7.68. The predicted octanol–water partition coefficient (Wildman–Crippen LogP) is 1.11. The Labute approximate surface area is 137 Å². The van der Waals surface area contributed by atoms with Crippen LogP contribution in [0.4, 0.5) is 4.79 Å². The van der Waals surface area contributed by atoms with E-state index in [1.54, 1.807) is 0 Å². The minimum absolute atomic E-state index is 0.118. The molecule has 9 heteroatoms. The first kappa shape index (κ1) is 16.9. The highest BCUT2D eigenvalue weighted by molar-refractivity contribution is 6.32. The molecule has 0 saturated carbocycles. The number of amides is 3. The Balaban J connectivity index is 2.02. The highest BCUT2D eigenvalue weighted by Gasteiger charge is 2.20. The van der Waals surface area contributed by atoms with Crippen LogP contribution in [0.1, 0.15) is 16.8 Å². The number of rotatable bonds is 3. The minimum Gasteiger partial charge on any atom is -0.489 e. The molecule has 23 heavy (non-hydrogen) atoms. The number of fused-ring (bicyclic) bond motifs is 1. The smallest absolute Gasteiger partial charge is 0.338 e. The Morgan fingerprint density at radius 3 is 2.74 bits per heavy atom. The van der Waals surface area contributed by atoms with Gasteiger partial charge in [0.1, 0.15) is 0 Å². The van der Waals surface area contributed by atoms with Crippen LogP contribution < -0.4 is 20.1 Å². The zero-order valence-corrected chi connectivity index (χ0v) is 13.1. The summed E-state index contributed by atoms with van der Waals surface area (Å²) in [6.45, 7) is 0.310. The number of esters is 1. The second-order valence-corrected chi connectivity index (χ2v) is 4.95. The standard InChI is InChI=1S/C14H15ClN2O6/c1-16-14(20)17-11(18)7-23-13(19)8-5-9(15)12-10(6-8)21-3-2-4-22-12/h5-6H,2-4,7H2,1H3,(H2,16,17,18,20). The van der Waals surface area contributed by atoms with Gasteiger partial charge in [-0.2, -0.15) is 0 Å². The van der Waals surface area contributed by atoms with E-state index >= 15 is 0 Å². The summed E-state index contributed by atoms with van der Waals surface area (Å²) in [6.07, 6.45) is 0.699. The van der Waals surface area contributed by atoms with Crippen LogP contribution in [0.15, 0.2) is 12.1 Å². The minimum atomic E-state index is -0.769. The molecule has 0 aromatic heterocycles. The molecule has 2 N–H and O–H groups in total. The second-order valence-electron chi connectivity index (χ2n) is 4.54. The maximum absolute atomic E-state index is 12.0. The number of halogens is 1. The maximum Gasteiger partial charge on any atom is 0.338 e. The van der Waals surface area contributed by atoms with Crippen LogP contribution >= 0.6 is 11.6 Å². The Morgan fingerprint density at radius 1 is 1.26 bits per heavy atom. The predicted molar refractivity (Wildman–Crippen MR) is 79.9 cm³/mol. The topological polar surface area (TPSA) is 103 Å². The molecule has 0 fully saturated rings. The lowest BCUT2D eigenvalue weighted by Gasteiger charge is -2.11. The molecule has 1 aromatic rings. The van der Waals surface area contributed by atoms with E-state index in [0.717, 1.165) is 0 Å². The summed E-state index contributed by atoms with van der Waals surface area (Å²) >= 11 is 6.07. The number of imide groups is 1. The normalized spacial score (nSPS) is 12.8. The van der Waals surface area contributed by atoms with E-state index in [1.165, 1.54) is 19.2 Å². The number of carbonyl (C=O) groups excluding carboxylic acids is 3. The third-order valence-corrected chi connectivity index (χ3v) is 3.13.